The van der Waals surface area contributed by atoms with Crippen molar-refractivity contribution in [2.45, 2.75) is 19.4 Å². The first-order valence-corrected chi connectivity index (χ1v) is 11.8. The standard InChI is InChI=1S/C19H21FN4O4S2/c1-23(13-17-21-19(22-28-17)16-9-6-12-29-16)18(25)10-5-11-24(30(2,26)27)15-8-4-3-7-14(15)20/h3-4,6-9,12H,5,10-11,13H2,1-2H3. The number of halogens is 1. The number of hydrogen-bond acceptors (Lipinski definition) is 7. The van der Waals surface area contributed by atoms with Gasteiger partial charge in [0.1, 0.15) is 5.82 Å². The van der Waals surface area contributed by atoms with E-state index < -0.39 is 15.8 Å². The number of anilines is 1. The minimum absolute atomic E-state index is 0.0115. The molecule has 2 aromatic heterocycles. The number of benzene rings is 1. The van der Waals surface area contributed by atoms with Gasteiger partial charge in [0.25, 0.3) is 0 Å². The van der Waals surface area contributed by atoms with E-state index in [-0.39, 0.29) is 37.5 Å². The number of hydrogen-bond donors (Lipinski definition) is 0. The number of carbonyl (C=O) groups is 1. The third kappa shape index (κ3) is 5.42. The van der Waals surface area contributed by atoms with Gasteiger partial charge < -0.3 is 9.42 Å². The van der Waals surface area contributed by atoms with E-state index in [1.807, 2.05) is 17.5 Å². The molecule has 0 atom stereocenters. The van der Waals surface area contributed by atoms with Crippen LogP contribution in [0.2, 0.25) is 0 Å². The molecule has 3 rings (SSSR count). The van der Waals surface area contributed by atoms with E-state index in [9.17, 15) is 17.6 Å². The van der Waals surface area contributed by atoms with Gasteiger partial charge in [-0.1, -0.05) is 23.4 Å². The van der Waals surface area contributed by atoms with Gasteiger partial charge in [-0.2, -0.15) is 4.98 Å². The van der Waals surface area contributed by atoms with Crippen molar-refractivity contribution in [1.82, 2.24) is 15.0 Å². The topological polar surface area (TPSA) is 96.6 Å². The molecule has 11 heteroatoms. The molecule has 0 aliphatic rings. The number of rotatable bonds is 9. The zero-order chi connectivity index (χ0) is 21.7. The third-order valence-electron chi connectivity index (χ3n) is 4.28. The molecule has 1 aromatic carbocycles. The maximum Gasteiger partial charge on any atom is 0.246 e. The van der Waals surface area contributed by atoms with Crippen LogP contribution in [0.3, 0.4) is 0 Å². The normalized spacial score (nSPS) is 11.4. The molecule has 0 saturated heterocycles. The summed E-state index contributed by atoms with van der Waals surface area (Å²) in [4.78, 5) is 19.0. The lowest BCUT2D eigenvalue weighted by molar-refractivity contribution is -0.130. The summed E-state index contributed by atoms with van der Waals surface area (Å²) in [5.74, 6) is -0.0786. The summed E-state index contributed by atoms with van der Waals surface area (Å²) in [6.45, 7) is 0.128. The molecule has 8 nitrogen and oxygen atoms in total. The van der Waals surface area contributed by atoms with Crippen molar-refractivity contribution in [3.63, 3.8) is 0 Å². The molecule has 2 heterocycles. The summed E-state index contributed by atoms with van der Waals surface area (Å²) in [6, 6.07) is 9.39. The van der Waals surface area contributed by atoms with Crippen LogP contribution in [0.1, 0.15) is 18.7 Å². The van der Waals surface area contributed by atoms with Gasteiger partial charge in [0.15, 0.2) is 0 Å². The van der Waals surface area contributed by atoms with Crippen molar-refractivity contribution in [1.29, 1.82) is 0 Å². The second kappa shape index (κ2) is 9.35. The number of amides is 1. The number of nitrogens with zero attached hydrogens (tertiary/aromatic N) is 4. The zero-order valence-electron chi connectivity index (χ0n) is 16.5. The first-order chi connectivity index (χ1) is 14.3. The van der Waals surface area contributed by atoms with Crippen LogP contribution < -0.4 is 4.31 Å². The molecular formula is C19H21FN4O4S2. The van der Waals surface area contributed by atoms with Crippen molar-refractivity contribution >= 4 is 33.0 Å². The van der Waals surface area contributed by atoms with Crippen molar-refractivity contribution in [2.75, 3.05) is 24.2 Å². The Kier molecular flexibility index (Phi) is 6.83. The fraction of sp³-hybridized carbons (Fsp3) is 0.316. The summed E-state index contributed by atoms with van der Waals surface area (Å²) in [6.07, 6.45) is 1.33. The molecule has 0 aliphatic carbocycles. The monoisotopic (exact) mass is 452 g/mol. The molecule has 0 aliphatic heterocycles. The van der Waals surface area contributed by atoms with Gasteiger partial charge in [-0.15, -0.1) is 11.3 Å². The Labute approximate surface area is 178 Å². The molecule has 0 saturated carbocycles. The van der Waals surface area contributed by atoms with Gasteiger partial charge in [0.2, 0.25) is 27.6 Å². The van der Waals surface area contributed by atoms with Crippen molar-refractivity contribution in [3.05, 3.63) is 53.5 Å². The summed E-state index contributed by atoms with van der Waals surface area (Å²) < 4.78 is 44.3. The Balaban J connectivity index is 1.56. The highest BCUT2D eigenvalue weighted by Crippen LogP contribution is 2.23. The van der Waals surface area contributed by atoms with E-state index >= 15 is 0 Å². The molecule has 0 radical (unpaired) electrons. The molecule has 0 N–H and O–H groups in total. The average Bonchev–Trinajstić information content (AvgIpc) is 3.36. The van der Waals surface area contributed by atoms with E-state index in [0.717, 1.165) is 15.4 Å². The van der Waals surface area contributed by atoms with Crippen LogP contribution in [0.4, 0.5) is 10.1 Å². The smallest absolute Gasteiger partial charge is 0.246 e. The minimum atomic E-state index is -3.69. The predicted octanol–water partition coefficient (Wildman–Crippen LogP) is 3.14. The highest BCUT2D eigenvalue weighted by molar-refractivity contribution is 7.92. The highest BCUT2D eigenvalue weighted by Gasteiger charge is 2.21. The van der Waals surface area contributed by atoms with E-state index in [2.05, 4.69) is 10.1 Å². The van der Waals surface area contributed by atoms with E-state index in [4.69, 9.17) is 4.52 Å². The molecule has 30 heavy (non-hydrogen) atoms. The zero-order valence-corrected chi connectivity index (χ0v) is 18.1. The lowest BCUT2D eigenvalue weighted by Gasteiger charge is -2.23. The fourth-order valence-corrected chi connectivity index (χ4v) is 4.42. The summed E-state index contributed by atoms with van der Waals surface area (Å²) >= 11 is 1.48. The molecular weight excluding hydrogens is 431 g/mol. The number of para-hydroxylation sites is 1. The largest absolute Gasteiger partial charge is 0.337 e. The predicted molar refractivity (Wildman–Crippen MR) is 112 cm³/mol. The Morgan fingerprint density at radius 3 is 2.67 bits per heavy atom. The third-order valence-corrected chi connectivity index (χ3v) is 6.33. The van der Waals surface area contributed by atoms with Gasteiger partial charge in [-0.25, -0.2) is 12.8 Å². The van der Waals surface area contributed by atoms with Crippen LogP contribution in [0, 0.1) is 5.82 Å². The Bertz CT molecular complexity index is 1100. The number of sulfonamides is 1. The van der Waals surface area contributed by atoms with Crippen molar-refractivity contribution in [2.24, 2.45) is 0 Å². The SMILES string of the molecule is CN(Cc1nc(-c2cccs2)no1)C(=O)CCCN(c1ccccc1F)S(C)(=O)=O. The van der Waals surface area contributed by atoms with Gasteiger partial charge >= 0.3 is 0 Å². The number of carbonyl (C=O) groups excluding carboxylic acids is 1. The van der Waals surface area contributed by atoms with Crippen molar-refractivity contribution in [3.8, 4) is 10.7 Å². The average molecular weight is 453 g/mol. The van der Waals surface area contributed by atoms with E-state index in [0.29, 0.717) is 11.7 Å². The summed E-state index contributed by atoms with van der Waals surface area (Å²) in [5, 5.41) is 5.81. The molecule has 1 amide bonds. The Morgan fingerprint density at radius 1 is 1.23 bits per heavy atom. The first-order valence-electron chi connectivity index (χ1n) is 9.08. The highest BCUT2D eigenvalue weighted by atomic mass is 32.2. The van der Waals surface area contributed by atoms with Crippen LogP contribution >= 0.6 is 11.3 Å². The van der Waals surface area contributed by atoms with Crippen LogP contribution in [0.5, 0.6) is 0 Å². The number of thiophene rings is 1. The van der Waals surface area contributed by atoms with Gasteiger partial charge in [0.05, 0.1) is 23.4 Å². The van der Waals surface area contributed by atoms with Gasteiger partial charge in [0, 0.05) is 20.0 Å². The second-order valence-corrected chi connectivity index (χ2v) is 9.48. The maximum absolute atomic E-state index is 14.0. The van der Waals surface area contributed by atoms with E-state index in [1.165, 1.54) is 34.4 Å². The lowest BCUT2D eigenvalue weighted by atomic mass is 10.2. The van der Waals surface area contributed by atoms with Gasteiger partial charge in [-0.3, -0.25) is 9.10 Å². The molecule has 3 aromatic rings. The van der Waals surface area contributed by atoms with Crippen LogP contribution in [-0.4, -0.2) is 49.2 Å². The summed E-state index contributed by atoms with van der Waals surface area (Å²) in [5.41, 5.74) is -0.0345. The Morgan fingerprint density at radius 2 is 2.00 bits per heavy atom. The quantitative estimate of drug-likeness (QED) is 0.495. The molecule has 160 valence electrons. The molecule has 0 fully saturated rings. The molecule has 0 bridgehead atoms. The fourth-order valence-electron chi connectivity index (χ4n) is 2.80. The molecule has 0 unspecified atom stereocenters. The van der Waals surface area contributed by atoms with Crippen LogP contribution in [0.25, 0.3) is 10.7 Å². The molecule has 0 spiro atoms. The van der Waals surface area contributed by atoms with Crippen LogP contribution in [0.15, 0.2) is 46.3 Å². The minimum Gasteiger partial charge on any atom is -0.337 e. The maximum atomic E-state index is 14.0. The van der Waals surface area contributed by atoms with Crippen LogP contribution in [-0.2, 0) is 21.4 Å². The van der Waals surface area contributed by atoms with E-state index in [1.54, 1.807) is 13.1 Å². The lowest BCUT2D eigenvalue weighted by Crippen LogP contribution is -2.33. The number of aromatic nitrogens is 2. The first kappa shape index (κ1) is 21.9. The van der Waals surface area contributed by atoms with Crippen molar-refractivity contribution < 1.29 is 22.1 Å². The second-order valence-electron chi connectivity index (χ2n) is 6.63. The Hall–Kier alpha value is -2.79. The summed E-state index contributed by atoms with van der Waals surface area (Å²) in [7, 11) is -2.09. The van der Waals surface area contributed by atoms with Gasteiger partial charge in [-0.05, 0) is 30.0 Å².